The molecule has 0 spiro atoms. The Bertz CT molecular complexity index is 1040. The molecule has 7 heteroatoms. The number of hydrogen-bond donors (Lipinski definition) is 2. The van der Waals surface area contributed by atoms with Gasteiger partial charge in [-0.1, -0.05) is 79.8 Å². The zero-order valence-corrected chi connectivity index (χ0v) is 24.8. The molecular formula is C34H48N4O3. The van der Waals surface area contributed by atoms with E-state index in [2.05, 4.69) is 89.4 Å². The molecule has 0 fully saturated rings. The minimum absolute atomic E-state index is 0.0436. The minimum Gasteiger partial charge on any atom is -0.354 e. The van der Waals surface area contributed by atoms with Crippen molar-refractivity contribution >= 4 is 17.7 Å². The molecule has 1 aromatic rings. The van der Waals surface area contributed by atoms with Gasteiger partial charge in [-0.05, 0) is 57.1 Å². The number of amides is 3. The number of nitrogens with one attached hydrogen (secondary N) is 2. The minimum atomic E-state index is -0.232. The second-order valence-corrected chi connectivity index (χ2v) is 9.31. The molecule has 41 heavy (non-hydrogen) atoms. The molecule has 2 N–H and O–H groups in total. The standard InChI is InChI=1S/C34H48N4O3/c1-3-4-5-6-7-8-9-10-11-12-13-14-15-16-17-18-19-20-21-24-33(40)36-26-28-38(31(2)39)29-27-37-34(41)32-23-22-25-35-30-32/h4-5,7-8,10-11,13-14,16-17,19-20,22-23,25,30H,3,6,9,12,15,18,21,24,26-29H2,1-2H3,(H,36,40)(H,37,41). The maximum Gasteiger partial charge on any atom is 0.252 e. The summed E-state index contributed by atoms with van der Waals surface area (Å²) in [5.74, 6) is -0.380. The number of allylic oxidation sites excluding steroid dienone is 12. The van der Waals surface area contributed by atoms with Crippen LogP contribution in [0.3, 0.4) is 0 Å². The number of pyridine rings is 1. The molecule has 0 atom stereocenters. The van der Waals surface area contributed by atoms with Gasteiger partial charge in [0.05, 0.1) is 5.56 Å². The van der Waals surface area contributed by atoms with E-state index in [-0.39, 0.29) is 17.7 Å². The van der Waals surface area contributed by atoms with Gasteiger partial charge in [0, 0.05) is 51.9 Å². The molecule has 0 aliphatic rings. The van der Waals surface area contributed by atoms with Gasteiger partial charge in [-0.2, -0.15) is 0 Å². The Morgan fingerprint density at radius 3 is 1.76 bits per heavy atom. The van der Waals surface area contributed by atoms with Crippen LogP contribution in [0.2, 0.25) is 0 Å². The zero-order chi connectivity index (χ0) is 29.8. The van der Waals surface area contributed by atoms with E-state index in [1.54, 1.807) is 23.2 Å². The van der Waals surface area contributed by atoms with E-state index >= 15 is 0 Å². The molecule has 1 aromatic heterocycles. The summed E-state index contributed by atoms with van der Waals surface area (Å²) in [7, 11) is 0. The molecule has 222 valence electrons. The number of carbonyl (C=O) groups excluding carboxylic acids is 3. The fraction of sp³-hybridized carbons (Fsp3) is 0.412. The highest BCUT2D eigenvalue weighted by Gasteiger charge is 2.10. The summed E-state index contributed by atoms with van der Waals surface area (Å²) in [5.41, 5.74) is 0.473. The maximum atomic E-state index is 12.1. The van der Waals surface area contributed by atoms with Gasteiger partial charge in [-0.3, -0.25) is 19.4 Å². The average Bonchev–Trinajstić information content (AvgIpc) is 2.97. The van der Waals surface area contributed by atoms with Crippen molar-refractivity contribution in [3.8, 4) is 0 Å². The molecular weight excluding hydrogens is 512 g/mol. The largest absolute Gasteiger partial charge is 0.354 e. The number of aromatic nitrogens is 1. The van der Waals surface area contributed by atoms with Gasteiger partial charge in [0.1, 0.15) is 0 Å². The molecule has 0 aliphatic heterocycles. The number of carbonyl (C=O) groups is 3. The van der Waals surface area contributed by atoms with Crippen LogP contribution in [0.25, 0.3) is 0 Å². The SMILES string of the molecule is CCC=CCC=CCC=CCC=CCC=CCC=CCCC(=O)NCCN(CCNC(=O)c1cccnc1)C(C)=O. The lowest BCUT2D eigenvalue weighted by Gasteiger charge is -2.21. The third-order valence-corrected chi connectivity index (χ3v) is 5.87. The van der Waals surface area contributed by atoms with Crippen molar-refractivity contribution in [2.24, 2.45) is 0 Å². The van der Waals surface area contributed by atoms with Gasteiger partial charge in [-0.15, -0.1) is 0 Å². The van der Waals surface area contributed by atoms with Crippen molar-refractivity contribution in [3.63, 3.8) is 0 Å². The first kappa shape index (κ1) is 35.0. The second kappa shape index (κ2) is 25.0. The van der Waals surface area contributed by atoms with Crippen LogP contribution in [0.15, 0.2) is 97.4 Å². The molecule has 0 unspecified atom stereocenters. The fourth-order valence-electron chi connectivity index (χ4n) is 3.60. The predicted molar refractivity (Wildman–Crippen MR) is 169 cm³/mol. The summed E-state index contributed by atoms with van der Waals surface area (Å²) in [6.07, 6.45) is 35.9. The summed E-state index contributed by atoms with van der Waals surface area (Å²) in [6.45, 7) is 5.08. The van der Waals surface area contributed by atoms with Crippen LogP contribution in [-0.4, -0.2) is 53.8 Å². The number of nitrogens with zero attached hydrogens (tertiary/aromatic N) is 2. The van der Waals surface area contributed by atoms with Crippen LogP contribution in [0.1, 0.15) is 75.6 Å². The van der Waals surface area contributed by atoms with Crippen LogP contribution in [0.5, 0.6) is 0 Å². The van der Waals surface area contributed by atoms with E-state index in [0.29, 0.717) is 44.6 Å². The highest BCUT2D eigenvalue weighted by atomic mass is 16.2. The summed E-state index contributed by atoms with van der Waals surface area (Å²) < 4.78 is 0. The van der Waals surface area contributed by atoms with Crippen molar-refractivity contribution < 1.29 is 14.4 Å². The van der Waals surface area contributed by atoms with Crippen molar-refractivity contribution in [1.82, 2.24) is 20.5 Å². The van der Waals surface area contributed by atoms with E-state index < -0.39 is 0 Å². The Kier molecular flexibility index (Phi) is 21.4. The van der Waals surface area contributed by atoms with E-state index in [1.165, 1.54) is 13.1 Å². The van der Waals surface area contributed by atoms with E-state index in [1.807, 2.05) is 6.08 Å². The van der Waals surface area contributed by atoms with Crippen LogP contribution in [0, 0.1) is 0 Å². The molecule has 1 heterocycles. The van der Waals surface area contributed by atoms with Gasteiger partial charge in [-0.25, -0.2) is 0 Å². The lowest BCUT2D eigenvalue weighted by atomic mass is 10.2. The maximum absolute atomic E-state index is 12.1. The number of rotatable bonds is 21. The van der Waals surface area contributed by atoms with Gasteiger partial charge in [0.15, 0.2) is 0 Å². The smallest absolute Gasteiger partial charge is 0.252 e. The quantitative estimate of drug-likeness (QED) is 0.174. The number of hydrogen-bond acceptors (Lipinski definition) is 4. The van der Waals surface area contributed by atoms with Crippen LogP contribution in [0.4, 0.5) is 0 Å². The van der Waals surface area contributed by atoms with Gasteiger partial charge in [0.25, 0.3) is 5.91 Å². The molecule has 0 saturated carbocycles. The molecule has 3 amide bonds. The molecule has 1 rings (SSSR count). The fourth-order valence-corrected chi connectivity index (χ4v) is 3.60. The molecule has 0 bridgehead atoms. The van der Waals surface area contributed by atoms with Crippen molar-refractivity contribution in [3.05, 3.63) is 103 Å². The molecule has 0 aromatic carbocycles. The van der Waals surface area contributed by atoms with Gasteiger partial charge >= 0.3 is 0 Å². The van der Waals surface area contributed by atoms with Crippen molar-refractivity contribution in [1.29, 1.82) is 0 Å². The Morgan fingerprint density at radius 1 is 0.756 bits per heavy atom. The Morgan fingerprint density at radius 2 is 1.27 bits per heavy atom. The first-order valence-corrected chi connectivity index (χ1v) is 14.6. The van der Waals surface area contributed by atoms with E-state index in [9.17, 15) is 14.4 Å². The highest BCUT2D eigenvalue weighted by Crippen LogP contribution is 1.99. The topological polar surface area (TPSA) is 91.4 Å². The lowest BCUT2D eigenvalue weighted by molar-refractivity contribution is -0.129. The van der Waals surface area contributed by atoms with Crippen molar-refractivity contribution in [2.45, 2.75) is 65.2 Å². The van der Waals surface area contributed by atoms with Gasteiger partial charge < -0.3 is 15.5 Å². The molecule has 0 radical (unpaired) electrons. The van der Waals surface area contributed by atoms with Crippen LogP contribution in [-0.2, 0) is 9.59 Å². The zero-order valence-electron chi connectivity index (χ0n) is 24.8. The lowest BCUT2D eigenvalue weighted by Crippen LogP contribution is -2.41. The predicted octanol–water partition coefficient (Wildman–Crippen LogP) is 6.25. The van der Waals surface area contributed by atoms with Crippen LogP contribution >= 0.6 is 0 Å². The Hall–Kier alpha value is -4.00. The average molecular weight is 561 g/mol. The van der Waals surface area contributed by atoms with Crippen LogP contribution < -0.4 is 10.6 Å². The summed E-state index contributed by atoms with van der Waals surface area (Å²) in [5, 5.41) is 5.64. The third-order valence-electron chi connectivity index (χ3n) is 5.87. The summed E-state index contributed by atoms with van der Waals surface area (Å²) >= 11 is 0. The van der Waals surface area contributed by atoms with E-state index in [0.717, 1.165) is 38.5 Å². The third kappa shape index (κ3) is 20.6. The normalized spacial score (nSPS) is 12.0. The van der Waals surface area contributed by atoms with Gasteiger partial charge in [0.2, 0.25) is 11.8 Å². The monoisotopic (exact) mass is 560 g/mol. The Balaban J connectivity index is 2.07. The Labute approximate surface area is 246 Å². The molecule has 0 aliphatic carbocycles. The first-order chi connectivity index (χ1) is 20.0. The van der Waals surface area contributed by atoms with Crippen molar-refractivity contribution in [2.75, 3.05) is 26.2 Å². The molecule has 0 saturated heterocycles. The van der Waals surface area contributed by atoms with E-state index in [4.69, 9.17) is 0 Å². The summed E-state index contributed by atoms with van der Waals surface area (Å²) in [4.78, 5) is 41.6. The summed E-state index contributed by atoms with van der Waals surface area (Å²) in [6, 6.07) is 3.38. The highest BCUT2D eigenvalue weighted by molar-refractivity contribution is 5.93. The second-order valence-electron chi connectivity index (χ2n) is 9.31. The molecule has 7 nitrogen and oxygen atoms in total. The first-order valence-electron chi connectivity index (χ1n) is 14.6.